The number of ether oxygens (including phenoxy) is 1. The van der Waals surface area contributed by atoms with Crippen molar-refractivity contribution in [2.24, 2.45) is 5.92 Å². The van der Waals surface area contributed by atoms with Gasteiger partial charge in [-0.25, -0.2) is 0 Å². The van der Waals surface area contributed by atoms with E-state index in [1.54, 1.807) is 0 Å². The lowest BCUT2D eigenvalue weighted by atomic mass is 9.90. The standard InChI is InChI=1S/C13H13F3O3/c1-7(12(17)18)4-8-6-19-11-3-2-9(5-10(8)11)13(14,15)16/h2-3,5,7-8H,4,6H2,1H3,(H,17,18). The number of fused-ring (bicyclic) bond motifs is 1. The van der Waals surface area contributed by atoms with Gasteiger partial charge in [0.25, 0.3) is 0 Å². The molecule has 0 radical (unpaired) electrons. The van der Waals surface area contributed by atoms with Crippen molar-refractivity contribution >= 4 is 5.97 Å². The Morgan fingerprint density at radius 1 is 1.53 bits per heavy atom. The molecule has 0 fully saturated rings. The maximum Gasteiger partial charge on any atom is 0.416 e. The van der Waals surface area contributed by atoms with Gasteiger partial charge in [0, 0.05) is 11.5 Å². The van der Waals surface area contributed by atoms with Crippen LogP contribution in [0.4, 0.5) is 13.2 Å². The highest BCUT2D eigenvalue weighted by molar-refractivity contribution is 5.69. The van der Waals surface area contributed by atoms with E-state index in [0.29, 0.717) is 11.3 Å². The first-order chi connectivity index (χ1) is 8.79. The van der Waals surface area contributed by atoms with Crippen molar-refractivity contribution in [1.82, 2.24) is 0 Å². The zero-order valence-electron chi connectivity index (χ0n) is 10.2. The summed E-state index contributed by atoms with van der Waals surface area (Å²) in [5.41, 5.74) is -0.285. The lowest BCUT2D eigenvalue weighted by Gasteiger charge is -2.13. The van der Waals surface area contributed by atoms with Crippen molar-refractivity contribution in [2.75, 3.05) is 6.61 Å². The third kappa shape index (κ3) is 2.83. The summed E-state index contributed by atoms with van der Waals surface area (Å²) >= 11 is 0. The van der Waals surface area contributed by atoms with Crippen LogP contribution in [0.3, 0.4) is 0 Å². The number of benzene rings is 1. The van der Waals surface area contributed by atoms with Gasteiger partial charge in [-0.1, -0.05) is 6.92 Å². The van der Waals surface area contributed by atoms with E-state index in [-0.39, 0.29) is 18.9 Å². The molecule has 1 N–H and O–H groups in total. The molecule has 1 aromatic rings. The molecule has 2 atom stereocenters. The summed E-state index contributed by atoms with van der Waals surface area (Å²) in [5.74, 6) is -1.46. The van der Waals surface area contributed by atoms with Gasteiger partial charge in [0.2, 0.25) is 0 Å². The molecule has 2 unspecified atom stereocenters. The lowest BCUT2D eigenvalue weighted by molar-refractivity contribution is -0.141. The summed E-state index contributed by atoms with van der Waals surface area (Å²) in [5, 5.41) is 8.85. The molecule has 104 valence electrons. The van der Waals surface area contributed by atoms with E-state index < -0.39 is 23.6 Å². The summed E-state index contributed by atoms with van der Waals surface area (Å²) in [7, 11) is 0. The highest BCUT2D eigenvalue weighted by atomic mass is 19.4. The molecular weight excluding hydrogens is 261 g/mol. The molecule has 19 heavy (non-hydrogen) atoms. The van der Waals surface area contributed by atoms with E-state index in [4.69, 9.17) is 9.84 Å². The van der Waals surface area contributed by atoms with Crippen molar-refractivity contribution in [1.29, 1.82) is 0 Å². The molecular formula is C13H13F3O3. The predicted octanol–water partition coefficient (Wildman–Crippen LogP) is 3.29. The molecule has 0 saturated heterocycles. The Kier molecular flexibility index (Phi) is 3.43. The number of alkyl halides is 3. The van der Waals surface area contributed by atoms with E-state index >= 15 is 0 Å². The second-order valence-electron chi connectivity index (χ2n) is 4.73. The van der Waals surface area contributed by atoms with Crippen LogP contribution in [-0.4, -0.2) is 17.7 Å². The SMILES string of the molecule is CC(CC1COc2ccc(C(F)(F)F)cc21)C(=O)O. The zero-order chi connectivity index (χ0) is 14.2. The molecule has 0 aromatic heterocycles. The number of halogens is 3. The Bertz CT molecular complexity index is 496. The number of aliphatic carboxylic acids is 1. The Morgan fingerprint density at radius 3 is 2.79 bits per heavy atom. The number of hydrogen-bond acceptors (Lipinski definition) is 2. The summed E-state index contributed by atoms with van der Waals surface area (Å²) in [6.07, 6.45) is -4.13. The number of carboxylic acid groups (broad SMARTS) is 1. The van der Waals surface area contributed by atoms with E-state index in [2.05, 4.69) is 0 Å². The number of hydrogen-bond donors (Lipinski definition) is 1. The molecule has 1 heterocycles. The molecule has 0 amide bonds. The van der Waals surface area contributed by atoms with Crippen LogP contribution in [0.2, 0.25) is 0 Å². The van der Waals surface area contributed by atoms with Gasteiger partial charge < -0.3 is 9.84 Å². The topological polar surface area (TPSA) is 46.5 Å². The molecule has 1 aliphatic heterocycles. The summed E-state index contributed by atoms with van der Waals surface area (Å²) < 4.78 is 43.2. The van der Waals surface area contributed by atoms with Crippen molar-refractivity contribution in [3.8, 4) is 5.75 Å². The molecule has 0 spiro atoms. The van der Waals surface area contributed by atoms with E-state index in [0.717, 1.165) is 12.1 Å². The van der Waals surface area contributed by atoms with Crippen LogP contribution in [0, 0.1) is 5.92 Å². The van der Waals surface area contributed by atoms with Gasteiger partial charge in [-0.05, 0) is 24.6 Å². The van der Waals surface area contributed by atoms with Crippen LogP contribution in [0.1, 0.15) is 30.4 Å². The Labute approximate surface area is 108 Å². The zero-order valence-corrected chi connectivity index (χ0v) is 10.2. The van der Waals surface area contributed by atoms with Crippen LogP contribution >= 0.6 is 0 Å². The molecule has 0 bridgehead atoms. The highest BCUT2D eigenvalue weighted by Crippen LogP contribution is 2.41. The molecule has 2 rings (SSSR count). The largest absolute Gasteiger partial charge is 0.493 e. The second-order valence-corrected chi connectivity index (χ2v) is 4.73. The Balaban J connectivity index is 2.25. The van der Waals surface area contributed by atoms with Crippen molar-refractivity contribution in [3.63, 3.8) is 0 Å². The van der Waals surface area contributed by atoms with Gasteiger partial charge in [0.1, 0.15) is 5.75 Å². The number of carbonyl (C=O) groups is 1. The normalized spacial score (nSPS) is 19.7. The fourth-order valence-electron chi connectivity index (χ4n) is 2.18. The monoisotopic (exact) mass is 274 g/mol. The van der Waals surface area contributed by atoms with Gasteiger partial charge in [-0.2, -0.15) is 13.2 Å². The van der Waals surface area contributed by atoms with Crippen LogP contribution in [0.15, 0.2) is 18.2 Å². The minimum Gasteiger partial charge on any atom is -0.493 e. The van der Waals surface area contributed by atoms with Gasteiger partial charge in [0.05, 0.1) is 18.1 Å². The lowest BCUT2D eigenvalue weighted by Crippen LogP contribution is -2.15. The second kappa shape index (κ2) is 4.75. The minimum atomic E-state index is -4.40. The van der Waals surface area contributed by atoms with Crippen molar-refractivity contribution in [2.45, 2.75) is 25.4 Å². The van der Waals surface area contributed by atoms with E-state index in [1.807, 2.05) is 0 Å². The summed E-state index contributed by atoms with van der Waals surface area (Å²) in [6.45, 7) is 1.77. The third-order valence-corrected chi connectivity index (χ3v) is 3.28. The van der Waals surface area contributed by atoms with E-state index in [9.17, 15) is 18.0 Å². The molecule has 6 heteroatoms. The quantitative estimate of drug-likeness (QED) is 0.920. The molecule has 1 aromatic carbocycles. The maximum atomic E-state index is 12.6. The van der Waals surface area contributed by atoms with E-state index in [1.165, 1.54) is 13.0 Å². The maximum absolute atomic E-state index is 12.6. The first-order valence-corrected chi connectivity index (χ1v) is 5.85. The predicted molar refractivity (Wildman–Crippen MR) is 61.1 cm³/mol. The Hall–Kier alpha value is -1.72. The average molecular weight is 274 g/mol. The third-order valence-electron chi connectivity index (χ3n) is 3.28. The minimum absolute atomic E-state index is 0.230. The highest BCUT2D eigenvalue weighted by Gasteiger charge is 2.34. The fraction of sp³-hybridized carbons (Fsp3) is 0.462. The van der Waals surface area contributed by atoms with Crippen LogP contribution in [0.25, 0.3) is 0 Å². The fourth-order valence-corrected chi connectivity index (χ4v) is 2.18. The molecule has 0 saturated carbocycles. The Morgan fingerprint density at radius 2 is 2.21 bits per heavy atom. The average Bonchev–Trinajstić information content (AvgIpc) is 2.70. The smallest absolute Gasteiger partial charge is 0.416 e. The van der Waals surface area contributed by atoms with Gasteiger partial charge in [-0.3, -0.25) is 4.79 Å². The van der Waals surface area contributed by atoms with Crippen LogP contribution < -0.4 is 4.74 Å². The first-order valence-electron chi connectivity index (χ1n) is 5.85. The molecule has 0 aliphatic carbocycles. The van der Waals surface area contributed by atoms with Crippen LogP contribution in [-0.2, 0) is 11.0 Å². The van der Waals surface area contributed by atoms with Gasteiger partial charge in [-0.15, -0.1) is 0 Å². The molecule has 3 nitrogen and oxygen atoms in total. The summed E-state index contributed by atoms with van der Waals surface area (Å²) in [6, 6.07) is 3.33. The first kappa shape index (κ1) is 13.7. The molecule has 1 aliphatic rings. The van der Waals surface area contributed by atoms with Gasteiger partial charge in [0.15, 0.2) is 0 Å². The number of carboxylic acids is 1. The van der Waals surface area contributed by atoms with Crippen LogP contribution in [0.5, 0.6) is 5.75 Å². The number of rotatable bonds is 3. The summed E-state index contributed by atoms with van der Waals surface area (Å²) in [4.78, 5) is 10.8. The van der Waals surface area contributed by atoms with Crippen molar-refractivity contribution in [3.05, 3.63) is 29.3 Å². The van der Waals surface area contributed by atoms with Crippen molar-refractivity contribution < 1.29 is 27.8 Å². The van der Waals surface area contributed by atoms with Gasteiger partial charge >= 0.3 is 12.1 Å².